The summed E-state index contributed by atoms with van der Waals surface area (Å²) in [5.41, 5.74) is 0. The topological polar surface area (TPSA) is 294 Å². The molecule has 0 aromatic carbocycles. The number of allylic oxidation sites excluding steroid dienone is 2. The van der Waals surface area contributed by atoms with Crippen molar-refractivity contribution in [2.45, 2.75) is 236 Å². The largest absolute Gasteiger partial charge is 0.390 e. The molecule has 0 unspecified atom stereocenters. The fourth-order valence-corrected chi connectivity index (χ4v) is 12.2. The first-order valence-electron chi connectivity index (χ1n) is 34.1. The Labute approximate surface area is 557 Å². The Morgan fingerprint density at radius 3 is 1.41 bits per heavy atom. The van der Waals surface area contributed by atoms with Gasteiger partial charge >= 0.3 is 0 Å². The lowest BCUT2D eigenvalue weighted by atomic mass is 9.91. The van der Waals surface area contributed by atoms with Crippen molar-refractivity contribution in [3.8, 4) is 0 Å². The number of rotatable bonds is 18. The molecule has 0 saturated carbocycles. The summed E-state index contributed by atoms with van der Waals surface area (Å²) in [5, 5.41) is 26.3. The van der Waals surface area contributed by atoms with Gasteiger partial charge in [0.15, 0.2) is 0 Å². The molecule has 2 saturated heterocycles. The van der Waals surface area contributed by atoms with Crippen LogP contribution in [0.3, 0.4) is 0 Å². The molecule has 14 atom stereocenters. The van der Waals surface area contributed by atoms with Crippen LogP contribution in [0.5, 0.6) is 0 Å². The van der Waals surface area contributed by atoms with E-state index in [4.69, 9.17) is 0 Å². The van der Waals surface area contributed by atoms with Gasteiger partial charge in [-0.1, -0.05) is 109 Å². The Morgan fingerprint density at radius 1 is 0.462 bits per heavy atom. The maximum atomic E-state index is 15.3. The Bertz CT molecular complexity index is 2540. The Balaban J connectivity index is 3.00. The summed E-state index contributed by atoms with van der Waals surface area (Å²) in [7, 11) is 8.56. The number of aliphatic hydroxyl groups excluding tert-OH is 1. The highest BCUT2D eigenvalue weighted by atomic mass is 16.3. The smallest absolute Gasteiger partial charge is 0.246 e. The highest BCUT2D eigenvalue weighted by Crippen LogP contribution is 2.26. The number of carbonyl (C=O) groups is 11. The van der Waals surface area contributed by atoms with Crippen LogP contribution in [-0.4, -0.2) is 263 Å². The highest BCUT2D eigenvalue weighted by Gasteiger charge is 2.46. The van der Waals surface area contributed by atoms with E-state index in [9.17, 15) is 43.5 Å². The summed E-state index contributed by atoms with van der Waals surface area (Å²) < 4.78 is 0. The molecule has 6 N–H and O–H groups in total. The molecule has 2 aliphatic heterocycles. The van der Waals surface area contributed by atoms with Crippen LogP contribution in [0.2, 0.25) is 0 Å². The molecule has 25 nitrogen and oxygen atoms in total. The zero-order valence-electron chi connectivity index (χ0n) is 61.1. The third kappa shape index (κ3) is 23.3. The van der Waals surface area contributed by atoms with Gasteiger partial charge in [-0.15, -0.1) is 0 Å². The average Bonchev–Trinajstić information content (AvgIpc) is 0.818. The van der Waals surface area contributed by atoms with E-state index < -0.39 is 161 Å². The van der Waals surface area contributed by atoms with Gasteiger partial charge in [-0.3, -0.25) is 52.7 Å². The van der Waals surface area contributed by atoms with Gasteiger partial charge in [0.05, 0.1) is 6.10 Å². The first kappa shape index (κ1) is 82.9. The number of aliphatic hydroxyl groups is 1. The second-order valence-corrected chi connectivity index (χ2v) is 28.4. The Hall–Kier alpha value is -6.21. The van der Waals surface area contributed by atoms with Crippen molar-refractivity contribution in [1.29, 1.82) is 0 Å². The molecule has 93 heavy (non-hydrogen) atoms. The molecule has 0 aromatic heterocycles. The van der Waals surface area contributed by atoms with Crippen LogP contribution in [-0.2, 0) is 52.7 Å². The van der Waals surface area contributed by atoms with Crippen molar-refractivity contribution >= 4 is 65.0 Å². The van der Waals surface area contributed by atoms with Crippen LogP contribution < -0.4 is 26.6 Å². The predicted octanol–water partition coefficient (Wildman–Crippen LogP) is 2.93. The zero-order valence-corrected chi connectivity index (χ0v) is 61.1. The molecule has 0 bridgehead atoms. The molecular formula is C68H123N13O12. The summed E-state index contributed by atoms with van der Waals surface area (Å²) in [6, 6.07) is -13.8. The first-order chi connectivity index (χ1) is 43.2. The average molecular weight is 1310 g/mol. The molecule has 2 fully saturated rings. The van der Waals surface area contributed by atoms with E-state index in [0.717, 1.165) is 42.5 Å². The number of hydrogen-bond donors (Lipinski definition) is 6. The van der Waals surface area contributed by atoms with Crippen molar-refractivity contribution < 1.29 is 57.8 Å². The summed E-state index contributed by atoms with van der Waals surface area (Å²) in [6.45, 7) is 36.6. The molecule has 0 aromatic rings. The standard InChI is InChI=1S/C68H123N13O12/c1-25-28-29-45(15)57(82)56-62(87)71-49(26-2)64(89)74(19)48(18)59(84)73-54(44(14)30-31-81-34-32-80(27-3)33-35-81)61(86)72-53(42(10)11)67(92)75(20)50(36-39(4)5)60(85)69-46(16)58(83)70-47(17)63(88)76(21)51(37-40(6)7)65(90)77(22)52(38-41(8)9)66(91)78(23)55(43(12)13)68(93)79(56)24/h25,28,39-57,82H,26-27,29-38H2,1-24H3,(H,69,85)(H,70,83)(H,71,87)(H,72,86)(H,73,84)/b28-25+/t44-,45-,46+,47-,48-,49+,50+,51+,52+,53+,54+,55+,56+,57-/m1/s1. The number of carbonyl (C=O) groups excluding carboxylic acids is 11. The lowest BCUT2D eigenvalue weighted by molar-refractivity contribution is -0.157. The molecule has 25 heteroatoms. The van der Waals surface area contributed by atoms with E-state index in [1.165, 1.54) is 82.7 Å². The van der Waals surface area contributed by atoms with E-state index in [2.05, 4.69) is 43.3 Å². The summed E-state index contributed by atoms with van der Waals surface area (Å²) in [5.74, 6) is -10.3. The minimum absolute atomic E-state index is 0.00949. The molecule has 0 radical (unpaired) electrons. The summed E-state index contributed by atoms with van der Waals surface area (Å²) in [6.07, 6.45) is 3.31. The van der Waals surface area contributed by atoms with Gasteiger partial charge in [-0.05, 0) is 121 Å². The second kappa shape index (κ2) is 38.4. The second-order valence-electron chi connectivity index (χ2n) is 28.4. The number of piperazine rings is 1. The van der Waals surface area contributed by atoms with Gasteiger partial charge in [-0.25, -0.2) is 0 Å². The quantitative estimate of drug-likeness (QED) is 0.108. The van der Waals surface area contributed by atoms with E-state index in [0.29, 0.717) is 19.4 Å². The Morgan fingerprint density at radius 2 is 0.925 bits per heavy atom. The molecule has 532 valence electrons. The lowest BCUT2D eigenvalue weighted by Gasteiger charge is -2.41. The van der Waals surface area contributed by atoms with Crippen LogP contribution >= 0.6 is 0 Å². The van der Waals surface area contributed by atoms with E-state index >= 15 is 14.4 Å². The Kier molecular flexibility index (Phi) is 34.2. The molecule has 2 heterocycles. The normalized spacial score (nSPS) is 28.0. The maximum absolute atomic E-state index is 15.3. The predicted molar refractivity (Wildman–Crippen MR) is 361 cm³/mol. The fraction of sp³-hybridized carbons (Fsp3) is 0.809. The van der Waals surface area contributed by atoms with Crippen molar-refractivity contribution in [1.82, 2.24) is 65.8 Å². The van der Waals surface area contributed by atoms with Crippen molar-refractivity contribution in [2.75, 3.05) is 81.6 Å². The molecule has 2 rings (SSSR count). The minimum Gasteiger partial charge on any atom is -0.390 e. The zero-order chi connectivity index (χ0) is 71.4. The van der Waals surface area contributed by atoms with Gasteiger partial charge in [0.25, 0.3) is 0 Å². The molecule has 0 spiro atoms. The summed E-state index contributed by atoms with van der Waals surface area (Å²) in [4.78, 5) is 175. The van der Waals surface area contributed by atoms with E-state index in [1.54, 1.807) is 54.5 Å². The maximum Gasteiger partial charge on any atom is 0.246 e. The number of nitrogens with one attached hydrogen (secondary N) is 5. The molecule has 11 amide bonds. The van der Waals surface area contributed by atoms with Gasteiger partial charge < -0.3 is 70.9 Å². The van der Waals surface area contributed by atoms with Crippen LogP contribution in [0.1, 0.15) is 163 Å². The molecule has 2 aliphatic rings. The van der Waals surface area contributed by atoms with Crippen molar-refractivity contribution in [3.05, 3.63) is 12.2 Å². The van der Waals surface area contributed by atoms with Crippen LogP contribution in [0.25, 0.3) is 0 Å². The number of likely N-dealkylation sites (N-methyl/N-ethyl adjacent to an activating group) is 7. The third-order valence-electron chi connectivity index (χ3n) is 18.7. The van der Waals surface area contributed by atoms with Gasteiger partial charge in [0.2, 0.25) is 65.0 Å². The van der Waals surface area contributed by atoms with E-state index in [1.807, 2.05) is 54.5 Å². The minimum atomic E-state index is -1.62. The van der Waals surface area contributed by atoms with Gasteiger partial charge in [0.1, 0.15) is 66.5 Å². The fourth-order valence-electron chi connectivity index (χ4n) is 12.2. The van der Waals surface area contributed by atoms with E-state index in [-0.39, 0.29) is 43.4 Å². The SMILES string of the molecule is C/C=C/C[C@@H](C)[C@@H](O)[C@H]1C(=O)N[C@@H](CC)C(=O)N(C)[C@H](C)C(=O)N[C@@H]([C@H](C)CCN2CCN(CC)CC2)C(=O)N[C@@H](C(C)C)C(=O)N(C)[C@@H](CC(C)C)C(=O)N[C@@H](C)C(=O)N[C@H](C)C(=O)N(C)[C@@H](CC(C)C)C(=O)N(C)[C@@H](CC(C)C)C(=O)N(C)[C@@H](C(C)C)C(=O)N1C. The summed E-state index contributed by atoms with van der Waals surface area (Å²) >= 11 is 0. The highest BCUT2D eigenvalue weighted by molar-refractivity contribution is 6.00. The third-order valence-corrected chi connectivity index (χ3v) is 18.7. The van der Waals surface area contributed by atoms with Crippen LogP contribution in [0.4, 0.5) is 0 Å². The monoisotopic (exact) mass is 1310 g/mol. The van der Waals surface area contributed by atoms with Crippen LogP contribution in [0.15, 0.2) is 12.2 Å². The molecular weight excluding hydrogens is 1190 g/mol. The number of amides is 11. The van der Waals surface area contributed by atoms with Crippen molar-refractivity contribution in [3.63, 3.8) is 0 Å². The number of hydrogen-bond acceptors (Lipinski definition) is 14. The van der Waals surface area contributed by atoms with Crippen LogP contribution in [0, 0.1) is 41.4 Å². The first-order valence-corrected chi connectivity index (χ1v) is 34.1. The van der Waals surface area contributed by atoms with Crippen molar-refractivity contribution in [2.24, 2.45) is 41.4 Å². The number of nitrogens with zero attached hydrogens (tertiary/aromatic N) is 8. The van der Waals surface area contributed by atoms with Gasteiger partial charge in [-0.2, -0.15) is 0 Å². The van der Waals surface area contributed by atoms with Gasteiger partial charge in [0, 0.05) is 68.5 Å². The lowest BCUT2D eigenvalue weighted by Crippen LogP contribution is -2.64. The molecule has 0 aliphatic carbocycles.